The first-order chi connectivity index (χ1) is 7.50. The van der Waals surface area contributed by atoms with Gasteiger partial charge < -0.3 is 4.98 Å². The fourth-order valence-corrected chi connectivity index (χ4v) is 1.45. The van der Waals surface area contributed by atoms with Crippen molar-refractivity contribution in [2.75, 3.05) is 0 Å². The molecule has 5 heteroatoms. The number of pyridine rings is 1. The smallest absolute Gasteiger partial charge is 0.361 e. The minimum absolute atomic E-state index is 0.153. The maximum atomic E-state index is 12.5. The predicted octanol–water partition coefficient (Wildman–Crippen LogP) is 3.92. The molecule has 16 heavy (non-hydrogen) atoms. The van der Waals surface area contributed by atoms with E-state index in [2.05, 4.69) is 9.97 Å². The average molecular weight is 230 g/mol. The van der Waals surface area contributed by atoms with Gasteiger partial charge in [-0.15, -0.1) is 0 Å². The maximum Gasteiger partial charge on any atom is 0.434 e. The molecule has 0 fully saturated rings. The molecular formula is C11H13F3N2. The summed E-state index contributed by atoms with van der Waals surface area (Å²) in [5.41, 5.74) is 0.194. The van der Waals surface area contributed by atoms with Crippen molar-refractivity contribution in [3.8, 4) is 0 Å². The first kappa shape index (κ1) is 12.5. The Morgan fingerprint density at radius 2 is 1.88 bits per heavy atom. The topological polar surface area (TPSA) is 28.7 Å². The molecule has 0 saturated carbocycles. The Hall–Kier alpha value is -1.52. The molecule has 0 aromatic carbocycles. The number of nitrogens with one attached hydrogen (secondary N) is 1. The van der Waals surface area contributed by atoms with Crippen LogP contribution in [0.2, 0.25) is 0 Å². The van der Waals surface area contributed by atoms with E-state index < -0.39 is 11.9 Å². The van der Waals surface area contributed by atoms with Gasteiger partial charge in [0.05, 0.1) is 0 Å². The van der Waals surface area contributed by atoms with Crippen LogP contribution in [0.4, 0.5) is 13.2 Å². The lowest BCUT2D eigenvalue weighted by molar-refractivity contribution is -0.139. The van der Waals surface area contributed by atoms with Gasteiger partial charge >= 0.3 is 6.18 Å². The summed E-state index contributed by atoms with van der Waals surface area (Å²) in [6.07, 6.45) is -1.70. The van der Waals surface area contributed by atoms with Crippen LogP contribution in [0.5, 0.6) is 0 Å². The zero-order chi connectivity index (χ0) is 12.3. The van der Waals surface area contributed by atoms with E-state index in [-0.39, 0.29) is 5.39 Å². The molecule has 2 rings (SSSR count). The van der Waals surface area contributed by atoms with Crippen molar-refractivity contribution in [3.05, 3.63) is 29.7 Å². The molecule has 0 aliphatic heterocycles. The quantitative estimate of drug-likeness (QED) is 0.730. The molecule has 2 aromatic rings. The van der Waals surface area contributed by atoms with Crippen molar-refractivity contribution in [2.24, 2.45) is 0 Å². The predicted molar refractivity (Wildman–Crippen MR) is 57.2 cm³/mol. The van der Waals surface area contributed by atoms with Gasteiger partial charge in [-0.05, 0) is 18.6 Å². The van der Waals surface area contributed by atoms with E-state index in [4.69, 9.17) is 0 Å². The Morgan fingerprint density at radius 1 is 1.25 bits per heavy atom. The number of nitrogens with zero attached hydrogens (tertiary/aromatic N) is 1. The molecule has 0 spiro atoms. The molecule has 0 aliphatic rings. The van der Waals surface area contributed by atoms with Crippen LogP contribution in [-0.4, -0.2) is 9.97 Å². The lowest BCUT2D eigenvalue weighted by atomic mass is 10.1. The van der Waals surface area contributed by atoms with E-state index in [0.717, 1.165) is 6.20 Å². The van der Waals surface area contributed by atoms with Gasteiger partial charge in [-0.2, -0.15) is 13.2 Å². The van der Waals surface area contributed by atoms with Crippen LogP contribution < -0.4 is 0 Å². The summed E-state index contributed by atoms with van der Waals surface area (Å²) in [6, 6.07) is 1.53. The number of hydrogen-bond donors (Lipinski definition) is 1. The summed E-state index contributed by atoms with van der Waals surface area (Å²) in [4.78, 5) is 6.13. The van der Waals surface area contributed by atoms with Crippen molar-refractivity contribution in [1.29, 1.82) is 0 Å². The highest BCUT2D eigenvalue weighted by Gasteiger charge is 2.35. The van der Waals surface area contributed by atoms with Crippen LogP contribution in [0.1, 0.15) is 25.1 Å². The van der Waals surface area contributed by atoms with Gasteiger partial charge in [-0.25, -0.2) is 0 Å². The third-order valence-corrected chi connectivity index (χ3v) is 2.06. The second kappa shape index (κ2) is 4.55. The van der Waals surface area contributed by atoms with E-state index in [1.807, 2.05) is 13.8 Å². The number of hydrogen-bond acceptors (Lipinski definition) is 1. The standard InChI is InChI=1S/C9H7F3N2.C2H6/c1-5-4-14-6-2-3-13-8(7(5)6)9(10,11)12;1-2/h2-4,14H,1H3;1-2H3. The molecule has 2 nitrogen and oxygen atoms in total. The number of aryl methyl sites for hydroxylation is 1. The second-order valence-corrected chi connectivity index (χ2v) is 3.05. The van der Waals surface area contributed by atoms with E-state index in [1.165, 1.54) is 6.07 Å². The summed E-state index contributed by atoms with van der Waals surface area (Å²) < 4.78 is 37.5. The molecule has 0 bridgehead atoms. The SMILES string of the molecule is CC.Cc1c[nH]c2ccnc(C(F)(F)F)c12. The van der Waals surface area contributed by atoms with Gasteiger partial charge in [-0.1, -0.05) is 13.8 Å². The van der Waals surface area contributed by atoms with Crippen LogP contribution in [0.3, 0.4) is 0 Å². The number of aromatic nitrogens is 2. The lowest BCUT2D eigenvalue weighted by Crippen LogP contribution is -2.08. The third kappa shape index (κ3) is 2.18. The summed E-state index contributed by atoms with van der Waals surface area (Å²) in [5, 5.41) is 0.153. The average Bonchev–Trinajstić information content (AvgIpc) is 2.62. The first-order valence-electron chi connectivity index (χ1n) is 5.00. The van der Waals surface area contributed by atoms with Crippen molar-refractivity contribution < 1.29 is 13.2 Å². The van der Waals surface area contributed by atoms with E-state index in [9.17, 15) is 13.2 Å². The molecule has 1 N–H and O–H groups in total. The highest BCUT2D eigenvalue weighted by Crippen LogP contribution is 2.34. The van der Waals surface area contributed by atoms with Gasteiger partial charge in [0.15, 0.2) is 5.69 Å². The summed E-state index contributed by atoms with van der Waals surface area (Å²) in [5.74, 6) is 0. The van der Waals surface area contributed by atoms with Crippen molar-refractivity contribution >= 4 is 10.9 Å². The lowest BCUT2D eigenvalue weighted by Gasteiger charge is -2.06. The van der Waals surface area contributed by atoms with Gasteiger partial charge in [0, 0.05) is 23.3 Å². The Balaban J connectivity index is 0.000000606. The number of aromatic amines is 1. The molecule has 0 aliphatic carbocycles. The fourth-order valence-electron chi connectivity index (χ4n) is 1.45. The molecule has 2 heterocycles. The zero-order valence-electron chi connectivity index (χ0n) is 9.31. The van der Waals surface area contributed by atoms with Gasteiger partial charge in [0.1, 0.15) is 0 Å². The molecular weight excluding hydrogens is 217 g/mol. The van der Waals surface area contributed by atoms with Crippen LogP contribution >= 0.6 is 0 Å². The monoisotopic (exact) mass is 230 g/mol. The molecule has 0 unspecified atom stereocenters. The highest BCUT2D eigenvalue weighted by atomic mass is 19.4. The Morgan fingerprint density at radius 3 is 2.44 bits per heavy atom. The zero-order valence-corrected chi connectivity index (χ0v) is 9.31. The molecule has 2 aromatic heterocycles. The molecule has 0 radical (unpaired) electrons. The first-order valence-corrected chi connectivity index (χ1v) is 5.00. The number of H-pyrrole nitrogens is 1. The molecule has 0 saturated heterocycles. The van der Waals surface area contributed by atoms with E-state index in [0.29, 0.717) is 11.1 Å². The minimum Gasteiger partial charge on any atom is -0.361 e. The van der Waals surface area contributed by atoms with Gasteiger partial charge in [-0.3, -0.25) is 4.98 Å². The minimum atomic E-state index is -4.40. The van der Waals surface area contributed by atoms with Crippen molar-refractivity contribution in [3.63, 3.8) is 0 Å². The Kier molecular flexibility index (Phi) is 3.57. The number of fused-ring (bicyclic) bond motifs is 1. The van der Waals surface area contributed by atoms with E-state index in [1.54, 1.807) is 13.1 Å². The Labute approximate surface area is 91.5 Å². The summed E-state index contributed by atoms with van der Waals surface area (Å²) >= 11 is 0. The van der Waals surface area contributed by atoms with Crippen LogP contribution in [0.15, 0.2) is 18.5 Å². The van der Waals surface area contributed by atoms with Crippen molar-refractivity contribution in [2.45, 2.75) is 26.9 Å². The normalized spacial score (nSPS) is 11.1. The molecule has 0 amide bonds. The van der Waals surface area contributed by atoms with Crippen LogP contribution in [-0.2, 0) is 6.18 Å². The molecule has 88 valence electrons. The third-order valence-electron chi connectivity index (χ3n) is 2.06. The summed E-state index contributed by atoms with van der Waals surface area (Å²) in [7, 11) is 0. The van der Waals surface area contributed by atoms with Crippen molar-refractivity contribution in [1.82, 2.24) is 9.97 Å². The number of alkyl halides is 3. The largest absolute Gasteiger partial charge is 0.434 e. The Bertz CT molecular complexity index is 472. The highest BCUT2D eigenvalue weighted by molar-refractivity contribution is 5.85. The van der Waals surface area contributed by atoms with E-state index >= 15 is 0 Å². The molecule has 0 atom stereocenters. The van der Waals surface area contributed by atoms with Gasteiger partial charge in [0.2, 0.25) is 0 Å². The summed E-state index contributed by atoms with van der Waals surface area (Å²) in [6.45, 7) is 5.62. The van der Waals surface area contributed by atoms with Gasteiger partial charge in [0.25, 0.3) is 0 Å². The second-order valence-electron chi connectivity index (χ2n) is 3.05. The fraction of sp³-hybridized carbons (Fsp3) is 0.364. The maximum absolute atomic E-state index is 12.5. The van der Waals surface area contributed by atoms with Crippen LogP contribution in [0, 0.1) is 6.92 Å². The van der Waals surface area contributed by atoms with Crippen LogP contribution in [0.25, 0.3) is 10.9 Å². The number of rotatable bonds is 0. The number of halogens is 3.